The number of rotatable bonds is 5. The Morgan fingerprint density at radius 3 is 2.32 bits per heavy atom. The van der Waals surface area contributed by atoms with Gasteiger partial charge in [0, 0.05) is 36.7 Å². The van der Waals surface area contributed by atoms with Crippen LogP contribution in [0.1, 0.15) is 52.9 Å². The van der Waals surface area contributed by atoms with Crippen LogP contribution < -0.4 is 5.32 Å². The van der Waals surface area contributed by atoms with Crippen LogP contribution in [0.5, 0.6) is 0 Å². The van der Waals surface area contributed by atoms with Gasteiger partial charge in [0.1, 0.15) is 0 Å². The van der Waals surface area contributed by atoms with Gasteiger partial charge < -0.3 is 10.2 Å². The molecular formula is C16H32N2S. The fourth-order valence-corrected chi connectivity index (χ4v) is 5.36. The fourth-order valence-electron chi connectivity index (χ4n) is 3.97. The van der Waals surface area contributed by atoms with Crippen molar-refractivity contribution in [2.45, 2.75) is 63.4 Å². The molecule has 0 aromatic carbocycles. The highest BCUT2D eigenvalue weighted by Gasteiger charge is 2.35. The summed E-state index contributed by atoms with van der Waals surface area (Å²) < 4.78 is 0. The van der Waals surface area contributed by atoms with E-state index in [1.54, 1.807) is 0 Å². The summed E-state index contributed by atoms with van der Waals surface area (Å²) >= 11 is 2.17. The zero-order valence-electron chi connectivity index (χ0n) is 13.1. The van der Waals surface area contributed by atoms with E-state index >= 15 is 0 Å². The summed E-state index contributed by atoms with van der Waals surface area (Å²) in [4.78, 5) is 2.76. The maximum absolute atomic E-state index is 3.64. The van der Waals surface area contributed by atoms with Gasteiger partial charge in [-0.25, -0.2) is 0 Å². The second-order valence-corrected chi connectivity index (χ2v) is 8.67. The normalized spacial score (nSPS) is 32.4. The van der Waals surface area contributed by atoms with Crippen molar-refractivity contribution in [1.29, 1.82) is 0 Å². The second kappa shape index (κ2) is 7.33. The molecule has 0 radical (unpaired) electrons. The Kier molecular flexibility index (Phi) is 6.04. The van der Waals surface area contributed by atoms with Crippen molar-refractivity contribution in [1.82, 2.24) is 10.2 Å². The molecule has 2 rings (SSSR count). The summed E-state index contributed by atoms with van der Waals surface area (Å²) in [5, 5.41) is 5.26. The van der Waals surface area contributed by atoms with E-state index in [1.807, 2.05) is 0 Å². The second-order valence-electron chi connectivity index (χ2n) is 6.79. The van der Waals surface area contributed by atoms with Crippen molar-refractivity contribution in [2.24, 2.45) is 5.41 Å². The highest BCUT2D eigenvalue weighted by atomic mass is 32.2. The number of nitrogens with zero attached hydrogens (tertiary/aromatic N) is 1. The summed E-state index contributed by atoms with van der Waals surface area (Å²) in [5.41, 5.74) is 0.565. The molecule has 2 unspecified atom stereocenters. The maximum atomic E-state index is 3.64. The van der Waals surface area contributed by atoms with Crippen molar-refractivity contribution < 1.29 is 0 Å². The lowest BCUT2D eigenvalue weighted by Gasteiger charge is -2.44. The van der Waals surface area contributed by atoms with Gasteiger partial charge in [0.05, 0.1) is 0 Å². The first-order valence-electron chi connectivity index (χ1n) is 8.22. The van der Waals surface area contributed by atoms with Gasteiger partial charge in [-0.1, -0.05) is 40.0 Å². The number of hydrogen-bond donors (Lipinski definition) is 1. The van der Waals surface area contributed by atoms with Crippen molar-refractivity contribution >= 4 is 11.8 Å². The fraction of sp³-hybridized carbons (Fsp3) is 1.00. The van der Waals surface area contributed by atoms with E-state index < -0.39 is 0 Å². The van der Waals surface area contributed by atoms with Gasteiger partial charge in [0.15, 0.2) is 0 Å². The highest BCUT2D eigenvalue weighted by Crippen LogP contribution is 2.38. The van der Waals surface area contributed by atoms with Crippen molar-refractivity contribution in [3.05, 3.63) is 0 Å². The van der Waals surface area contributed by atoms with Crippen LogP contribution in [0.3, 0.4) is 0 Å². The lowest BCUT2D eigenvalue weighted by atomic mass is 9.73. The minimum Gasteiger partial charge on any atom is -0.316 e. The largest absolute Gasteiger partial charge is 0.316 e. The third kappa shape index (κ3) is 4.64. The molecule has 2 nitrogen and oxygen atoms in total. The van der Waals surface area contributed by atoms with Crippen LogP contribution in [0, 0.1) is 5.41 Å². The quantitative estimate of drug-likeness (QED) is 0.833. The summed E-state index contributed by atoms with van der Waals surface area (Å²) in [6, 6.07) is 0. The summed E-state index contributed by atoms with van der Waals surface area (Å²) in [6.45, 7) is 13.3. The van der Waals surface area contributed by atoms with E-state index in [0.29, 0.717) is 5.41 Å². The van der Waals surface area contributed by atoms with Gasteiger partial charge in [-0.15, -0.1) is 0 Å². The minimum absolute atomic E-state index is 0.565. The predicted octanol–water partition coefficient (Wildman–Crippen LogP) is 3.37. The first kappa shape index (κ1) is 15.7. The van der Waals surface area contributed by atoms with Crippen molar-refractivity contribution in [3.63, 3.8) is 0 Å². The first-order chi connectivity index (χ1) is 9.13. The first-order valence-corrected chi connectivity index (χ1v) is 9.16. The molecule has 1 N–H and O–H groups in total. The van der Waals surface area contributed by atoms with E-state index in [0.717, 1.165) is 17.0 Å². The van der Waals surface area contributed by atoms with E-state index in [2.05, 4.69) is 42.7 Å². The molecule has 0 amide bonds. The molecule has 1 heterocycles. The van der Waals surface area contributed by atoms with Crippen LogP contribution in [0.15, 0.2) is 0 Å². The molecule has 1 saturated carbocycles. The molecule has 19 heavy (non-hydrogen) atoms. The van der Waals surface area contributed by atoms with Gasteiger partial charge >= 0.3 is 0 Å². The Morgan fingerprint density at radius 2 is 1.74 bits per heavy atom. The third-order valence-electron chi connectivity index (χ3n) is 4.72. The molecule has 3 heteroatoms. The SMILES string of the molecule is CCNCC1(CN2CC(C)SC(C)C2)CCCCC1. The molecule has 0 aromatic rings. The number of thioether (sulfide) groups is 1. The molecule has 2 aliphatic rings. The Balaban J connectivity index is 1.94. The van der Waals surface area contributed by atoms with Gasteiger partial charge in [-0.3, -0.25) is 0 Å². The summed E-state index contributed by atoms with van der Waals surface area (Å²) in [7, 11) is 0. The van der Waals surface area contributed by atoms with E-state index in [4.69, 9.17) is 0 Å². The van der Waals surface area contributed by atoms with Gasteiger partial charge in [0.2, 0.25) is 0 Å². The topological polar surface area (TPSA) is 15.3 Å². The number of nitrogens with one attached hydrogen (secondary N) is 1. The zero-order chi connectivity index (χ0) is 13.7. The lowest BCUT2D eigenvalue weighted by Crippen LogP contribution is -2.50. The lowest BCUT2D eigenvalue weighted by molar-refractivity contribution is 0.102. The monoisotopic (exact) mass is 284 g/mol. The molecule has 0 bridgehead atoms. The molecule has 2 fully saturated rings. The molecular weight excluding hydrogens is 252 g/mol. The van der Waals surface area contributed by atoms with Crippen LogP contribution >= 0.6 is 11.8 Å². The van der Waals surface area contributed by atoms with E-state index in [1.165, 1.54) is 58.3 Å². The zero-order valence-corrected chi connectivity index (χ0v) is 13.9. The Morgan fingerprint density at radius 1 is 1.11 bits per heavy atom. The Hall–Kier alpha value is 0.270. The minimum atomic E-state index is 0.565. The molecule has 2 atom stereocenters. The van der Waals surface area contributed by atoms with Crippen LogP contribution in [0.25, 0.3) is 0 Å². The summed E-state index contributed by atoms with van der Waals surface area (Å²) in [5.74, 6) is 0. The molecule has 0 spiro atoms. The standard InChI is InChI=1S/C16H32N2S/c1-4-17-12-16(8-6-5-7-9-16)13-18-10-14(2)19-15(3)11-18/h14-15,17H,4-13H2,1-3H3. The van der Waals surface area contributed by atoms with Gasteiger partial charge in [-0.2, -0.15) is 11.8 Å². The maximum Gasteiger partial charge on any atom is 0.0149 e. The van der Waals surface area contributed by atoms with Crippen LogP contribution in [0.4, 0.5) is 0 Å². The molecule has 1 saturated heterocycles. The smallest absolute Gasteiger partial charge is 0.0149 e. The predicted molar refractivity (Wildman–Crippen MR) is 87.0 cm³/mol. The van der Waals surface area contributed by atoms with Gasteiger partial charge in [0.25, 0.3) is 0 Å². The van der Waals surface area contributed by atoms with Crippen LogP contribution in [-0.2, 0) is 0 Å². The third-order valence-corrected chi connectivity index (χ3v) is 5.95. The average molecular weight is 285 g/mol. The summed E-state index contributed by atoms with van der Waals surface area (Å²) in [6.07, 6.45) is 7.22. The van der Waals surface area contributed by atoms with Crippen LogP contribution in [-0.4, -0.2) is 48.1 Å². The Bertz CT molecular complexity index is 253. The van der Waals surface area contributed by atoms with E-state index in [-0.39, 0.29) is 0 Å². The average Bonchev–Trinajstić information content (AvgIpc) is 2.36. The molecule has 1 aliphatic heterocycles. The molecule has 1 aliphatic carbocycles. The van der Waals surface area contributed by atoms with Crippen molar-refractivity contribution in [3.8, 4) is 0 Å². The Labute approximate surface area is 124 Å². The number of hydrogen-bond acceptors (Lipinski definition) is 3. The van der Waals surface area contributed by atoms with Crippen LogP contribution in [0.2, 0.25) is 0 Å². The molecule has 112 valence electrons. The van der Waals surface area contributed by atoms with Gasteiger partial charge in [-0.05, 0) is 24.8 Å². The van der Waals surface area contributed by atoms with Crippen molar-refractivity contribution in [2.75, 3.05) is 32.7 Å². The highest BCUT2D eigenvalue weighted by molar-refractivity contribution is 8.00. The molecule has 0 aromatic heterocycles. The van der Waals surface area contributed by atoms with E-state index in [9.17, 15) is 0 Å².